The van der Waals surface area contributed by atoms with Gasteiger partial charge in [-0.25, -0.2) is 15.0 Å². The lowest BCUT2D eigenvalue weighted by Crippen LogP contribution is -2.35. The number of carbonyl (C=O) groups excluding carboxylic acids is 1. The minimum Gasteiger partial charge on any atom is -0.486 e. The predicted molar refractivity (Wildman–Crippen MR) is 124 cm³/mol. The molecule has 9 nitrogen and oxygen atoms in total. The van der Waals surface area contributed by atoms with Gasteiger partial charge in [-0.1, -0.05) is 11.8 Å². The first-order valence-corrected chi connectivity index (χ1v) is 12.1. The van der Waals surface area contributed by atoms with Gasteiger partial charge in [0.2, 0.25) is 5.91 Å². The van der Waals surface area contributed by atoms with E-state index in [2.05, 4.69) is 35.8 Å². The minimum absolute atomic E-state index is 0.00114. The first-order valence-electron chi connectivity index (χ1n) is 10.5. The number of nitrogens with one attached hydrogen (secondary N) is 1. The summed E-state index contributed by atoms with van der Waals surface area (Å²) in [7, 11) is 0. The lowest BCUT2D eigenvalue weighted by atomic mass is 10.1. The summed E-state index contributed by atoms with van der Waals surface area (Å²) in [4.78, 5) is 25.9. The number of hydrogen-bond acceptors (Lipinski definition) is 8. The van der Waals surface area contributed by atoms with Gasteiger partial charge in [0.05, 0.1) is 0 Å². The molecule has 2 aliphatic rings. The number of benzene rings is 1. The largest absolute Gasteiger partial charge is 0.486 e. The molecule has 2 aromatic heterocycles. The van der Waals surface area contributed by atoms with Crippen molar-refractivity contribution in [1.82, 2.24) is 24.8 Å². The summed E-state index contributed by atoms with van der Waals surface area (Å²) in [6, 6.07) is 4.01. The number of aryl methyl sites for hydroxylation is 1. The summed E-state index contributed by atoms with van der Waals surface area (Å²) in [5.74, 6) is 2.31. The lowest BCUT2D eigenvalue weighted by Gasteiger charge is -2.20. The Morgan fingerprint density at radius 3 is 2.78 bits per heavy atom. The number of rotatable bonds is 7. The summed E-state index contributed by atoms with van der Waals surface area (Å²) in [5.41, 5.74) is 7.36. The maximum Gasteiger partial charge on any atom is 0.217 e. The Labute approximate surface area is 197 Å². The summed E-state index contributed by atoms with van der Waals surface area (Å²) >= 11 is 5.14. The third-order valence-electron chi connectivity index (χ3n) is 5.57. The van der Waals surface area contributed by atoms with E-state index >= 15 is 0 Å². The van der Waals surface area contributed by atoms with E-state index < -0.39 is 0 Å². The van der Waals surface area contributed by atoms with Crippen molar-refractivity contribution < 1.29 is 14.3 Å². The first kappa shape index (κ1) is 21.3. The zero-order valence-corrected chi connectivity index (χ0v) is 19.9. The van der Waals surface area contributed by atoms with Crippen LogP contribution in [0.5, 0.6) is 11.5 Å². The highest BCUT2D eigenvalue weighted by Crippen LogP contribution is 2.42. The van der Waals surface area contributed by atoms with Crippen LogP contribution in [-0.4, -0.2) is 44.7 Å². The number of imidazole rings is 1. The van der Waals surface area contributed by atoms with E-state index in [-0.39, 0.29) is 11.9 Å². The highest BCUT2D eigenvalue weighted by Gasteiger charge is 2.32. The number of nitrogen functional groups attached to an aromatic ring is 1. The van der Waals surface area contributed by atoms with E-state index in [1.807, 2.05) is 12.1 Å². The van der Waals surface area contributed by atoms with Crippen LogP contribution in [0.4, 0.5) is 5.82 Å². The summed E-state index contributed by atoms with van der Waals surface area (Å²) < 4.78 is 14.4. The van der Waals surface area contributed by atoms with E-state index in [9.17, 15) is 4.79 Å². The van der Waals surface area contributed by atoms with Gasteiger partial charge in [0, 0.05) is 28.9 Å². The molecule has 0 spiro atoms. The van der Waals surface area contributed by atoms with Crippen LogP contribution in [-0.2, 0) is 11.3 Å². The number of amides is 1. The highest BCUT2D eigenvalue weighted by atomic mass is 79.9. The molecule has 1 aliphatic carbocycles. The van der Waals surface area contributed by atoms with Crippen LogP contribution in [0, 0.1) is 5.92 Å². The average molecular weight is 519 g/mol. The van der Waals surface area contributed by atoms with Crippen molar-refractivity contribution in [2.24, 2.45) is 5.92 Å². The molecule has 1 fully saturated rings. The molecule has 1 atom stereocenters. The predicted octanol–water partition coefficient (Wildman–Crippen LogP) is 3.40. The highest BCUT2D eigenvalue weighted by molar-refractivity contribution is 9.10. The molecule has 3 aromatic rings. The van der Waals surface area contributed by atoms with Gasteiger partial charge in [0.25, 0.3) is 0 Å². The molecular formula is C21H23BrN6O3S. The van der Waals surface area contributed by atoms with Crippen molar-refractivity contribution in [3.8, 4) is 11.5 Å². The third kappa shape index (κ3) is 4.36. The minimum atomic E-state index is -0.00114. The molecule has 0 saturated heterocycles. The van der Waals surface area contributed by atoms with E-state index in [1.54, 1.807) is 6.92 Å². The Morgan fingerprint density at radius 1 is 1.31 bits per heavy atom. The number of halogens is 1. The summed E-state index contributed by atoms with van der Waals surface area (Å²) in [6.07, 6.45) is 4.54. The zero-order chi connectivity index (χ0) is 22.2. The van der Waals surface area contributed by atoms with Crippen molar-refractivity contribution in [2.45, 2.75) is 48.8 Å². The van der Waals surface area contributed by atoms with Gasteiger partial charge < -0.3 is 25.1 Å². The number of fused-ring (bicyclic) bond motifs is 2. The van der Waals surface area contributed by atoms with Crippen LogP contribution < -0.4 is 20.5 Å². The second-order valence-electron chi connectivity index (χ2n) is 7.94. The van der Waals surface area contributed by atoms with Crippen molar-refractivity contribution in [3.05, 3.63) is 22.9 Å². The molecule has 1 unspecified atom stereocenters. The van der Waals surface area contributed by atoms with E-state index in [1.165, 1.54) is 18.1 Å². The first-order chi connectivity index (χ1) is 15.5. The van der Waals surface area contributed by atoms with Crippen molar-refractivity contribution in [2.75, 3.05) is 18.9 Å². The van der Waals surface area contributed by atoms with Gasteiger partial charge >= 0.3 is 0 Å². The van der Waals surface area contributed by atoms with Gasteiger partial charge in [-0.3, -0.25) is 4.79 Å². The fourth-order valence-corrected chi connectivity index (χ4v) is 5.40. The normalized spacial score (nSPS) is 16.2. The van der Waals surface area contributed by atoms with Crippen LogP contribution in [0.1, 0.15) is 26.2 Å². The molecule has 32 heavy (non-hydrogen) atoms. The number of ether oxygens (including phenoxy) is 2. The molecule has 11 heteroatoms. The number of nitrogens with zero attached hydrogens (tertiary/aromatic N) is 4. The van der Waals surface area contributed by atoms with Gasteiger partial charge in [0.15, 0.2) is 33.6 Å². The molecule has 0 bridgehead atoms. The number of nitrogens with two attached hydrogens (primary N) is 1. The number of hydrogen-bond donors (Lipinski definition) is 2. The molecule has 1 saturated carbocycles. The maximum atomic E-state index is 11.7. The Morgan fingerprint density at radius 2 is 2.06 bits per heavy atom. The third-order valence-corrected chi connectivity index (χ3v) is 7.54. The van der Waals surface area contributed by atoms with Crippen LogP contribution >= 0.6 is 27.7 Å². The van der Waals surface area contributed by atoms with Crippen molar-refractivity contribution in [1.29, 1.82) is 0 Å². The summed E-state index contributed by atoms with van der Waals surface area (Å²) in [6.45, 7) is 3.28. The zero-order valence-electron chi connectivity index (χ0n) is 17.5. The number of aromatic nitrogens is 4. The number of anilines is 1. The molecular weight excluding hydrogens is 496 g/mol. The SMILES string of the molecule is CC(=O)NC(CCn1c(Sc2cc3c(cc2Br)OCCO3)nc2c(N)ncnc21)C1CC1. The lowest BCUT2D eigenvalue weighted by molar-refractivity contribution is -0.119. The fraction of sp³-hybridized carbons (Fsp3) is 0.429. The van der Waals surface area contributed by atoms with Gasteiger partial charge in [-0.15, -0.1) is 0 Å². The Kier molecular flexibility index (Phi) is 5.85. The molecule has 168 valence electrons. The van der Waals surface area contributed by atoms with Crippen LogP contribution in [0.15, 0.2) is 33.0 Å². The van der Waals surface area contributed by atoms with Gasteiger partial charge in [-0.05, 0) is 53.2 Å². The second-order valence-corrected chi connectivity index (χ2v) is 9.80. The van der Waals surface area contributed by atoms with Crippen LogP contribution in [0.25, 0.3) is 11.2 Å². The molecule has 3 heterocycles. The molecule has 3 N–H and O–H groups in total. The van der Waals surface area contributed by atoms with Gasteiger partial charge in [0.1, 0.15) is 19.5 Å². The number of carbonyl (C=O) groups is 1. The monoisotopic (exact) mass is 518 g/mol. The van der Waals surface area contributed by atoms with Crippen molar-refractivity contribution in [3.63, 3.8) is 0 Å². The molecule has 5 rings (SSSR count). The van der Waals surface area contributed by atoms with E-state index in [0.717, 1.165) is 39.5 Å². The fourth-order valence-electron chi connectivity index (χ4n) is 3.89. The Hall–Kier alpha value is -2.53. The summed E-state index contributed by atoms with van der Waals surface area (Å²) in [5, 5.41) is 3.85. The Bertz CT molecular complexity index is 1180. The van der Waals surface area contributed by atoms with Gasteiger partial charge in [-0.2, -0.15) is 0 Å². The average Bonchev–Trinajstić information content (AvgIpc) is 3.54. The standard InChI is InChI=1S/C21H23BrN6O3S/c1-11(29)26-14(12-2-3-12)4-5-28-20-18(19(23)24-10-25-20)27-21(28)32-17-9-16-15(8-13(17)22)30-6-7-31-16/h8-10,12,14H,2-7H2,1H3,(H,26,29)(H2,23,24,25). The maximum absolute atomic E-state index is 11.7. The van der Waals surface area contributed by atoms with E-state index in [4.69, 9.17) is 20.2 Å². The molecule has 1 amide bonds. The molecule has 1 aromatic carbocycles. The quantitative estimate of drug-likeness (QED) is 0.488. The Balaban J connectivity index is 1.47. The smallest absolute Gasteiger partial charge is 0.217 e. The molecule has 1 aliphatic heterocycles. The van der Waals surface area contributed by atoms with Crippen LogP contribution in [0.2, 0.25) is 0 Å². The molecule has 0 radical (unpaired) electrons. The topological polar surface area (TPSA) is 117 Å². The van der Waals surface area contributed by atoms with Crippen molar-refractivity contribution >= 4 is 50.6 Å². The van der Waals surface area contributed by atoms with Crippen LogP contribution in [0.3, 0.4) is 0 Å². The van der Waals surface area contributed by atoms with E-state index in [0.29, 0.717) is 48.4 Å². The second kappa shape index (κ2) is 8.78.